The highest BCUT2D eigenvalue weighted by molar-refractivity contribution is 5.91. The number of rotatable bonds is 7. The Morgan fingerprint density at radius 2 is 1.70 bits per heavy atom. The summed E-state index contributed by atoms with van der Waals surface area (Å²) in [5.41, 5.74) is 3.03. The Morgan fingerprint density at radius 1 is 0.967 bits per heavy atom. The van der Waals surface area contributed by atoms with E-state index in [2.05, 4.69) is 15.5 Å². The maximum atomic E-state index is 12.5. The fraction of sp³-hybridized carbons (Fsp3) is 0.130. The second kappa shape index (κ2) is 9.00. The van der Waals surface area contributed by atoms with E-state index in [-0.39, 0.29) is 18.6 Å². The molecule has 7 heteroatoms. The quantitative estimate of drug-likeness (QED) is 0.482. The molecule has 0 spiro atoms. The molecule has 0 saturated heterocycles. The Hall–Kier alpha value is -4.00. The van der Waals surface area contributed by atoms with Crippen molar-refractivity contribution in [3.8, 4) is 0 Å². The number of carbonyl (C=O) groups is 2. The number of amides is 1. The minimum atomic E-state index is -0.583. The first-order valence-electron chi connectivity index (χ1n) is 9.54. The van der Waals surface area contributed by atoms with Gasteiger partial charge in [0.1, 0.15) is 6.33 Å². The van der Waals surface area contributed by atoms with Crippen molar-refractivity contribution in [3.05, 3.63) is 102 Å². The average Bonchev–Trinajstić information content (AvgIpc) is 3.26. The smallest absolute Gasteiger partial charge is 0.340 e. The summed E-state index contributed by atoms with van der Waals surface area (Å²) >= 11 is 0. The molecule has 1 atom stereocenters. The predicted molar refractivity (Wildman–Crippen MR) is 111 cm³/mol. The van der Waals surface area contributed by atoms with E-state index in [1.165, 1.54) is 6.33 Å². The summed E-state index contributed by atoms with van der Waals surface area (Å²) in [6.45, 7) is -0.364. The lowest BCUT2D eigenvalue weighted by Gasteiger charge is -2.19. The van der Waals surface area contributed by atoms with Crippen LogP contribution in [-0.4, -0.2) is 33.1 Å². The molecule has 0 aliphatic carbocycles. The number of pyridine rings is 1. The van der Waals surface area contributed by atoms with Crippen LogP contribution in [0.25, 0.3) is 5.65 Å². The van der Waals surface area contributed by atoms with E-state index in [4.69, 9.17) is 4.74 Å². The maximum absolute atomic E-state index is 12.5. The molecule has 1 unspecified atom stereocenters. The summed E-state index contributed by atoms with van der Waals surface area (Å²) in [7, 11) is 0. The average molecular weight is 400 g/mol. The van der Waals surface area contributed by atoms with Gasteiger partial charge < -0.3 is 10.1 Å². The molecule has 4 rings (SSSR count). The van der Waals surface area contributed by atoms with E-state index in [9.17, 15) is 9.59 Å². The molecule has 1 amide bonds. The van der Waals surface area contributed by atoms with Crippen LogP contribution in [0.3, 0.4) is 0 Å². The monoisotopic (exact) mass is 400 g/mol. The molecule has 0 aliphatic heterocycles. The fourth-order valence-electron chi connectivity index (χ4n) is 3.19. The molecular formula is C23H20N4O3. The zero-order valence-corrected chi connectivity index (χ0v) is 16.1. The van der Waals surface area contributed by atoms with Crippen LogP contribution in [0, 0.1) is 0 Å². The number of hydrogen-bond donors (Lipinski definition) is 1. The topological polar surface area (TPSA) is 85.6 Å². The summed E-state index contributed by atoms with van der Waals surface area (Å²) in [5.74, 6) is -0.946. The summed E-state index contributed by atoms with van der Waals surface area (Å²) in [6.07, 6.45) is 3.69. The van der Waals surface area contributed by atoms with Gasteiger partial charge in [-0.25, -0.2) is 4.79 Å². The van der Waals surface area contributed by atoms with Crippen molar-refractivity contribution in [2.75, 3.05) is 6.61 Å². The summed E-state index contributed by atoms with van der Waals surface area (Å²) in [6, 6.07) is 22.7. The number of nitrogens with one attached hydrogen (secondary N) is 1. The van der Waals surface area contributed by atoms with Crippen LogP contribution >= 0.6 is 0 Å². The SMILES string of the molecule is O=C(COC(=O)c1ccc2nncn2c1)NC(Cc1ccccc1)c1ccccc1. The van der Waals surface area contributed by atoms with Crippen molar-refractivity contribution in [3.63, 3.8) is 0 Å². The van der Waals surface area contributed by atoms with Crippen molar-refractivity contribution >= 4 is 17.5 Å². The van der Waals surface area contributed by atoms with E-state index in [1.54, 1.807) is 22.7 Å². The first kappa shape index (κ1) is 19.3. The van der Waals surface area contributed by atoms with Crippen LogP contribution in [0.15, 0.2) is 85.3 Å². The number of carbonyl (C=O) groups excluding carboxylic acids is 2. The van der Waals surface area contributed by atoms with Gasteiger partial charge in [0.2, 0.25) is 0 Å². The molecule has 2 aromatic carbocycles. The normalized spacial score (nSPS) is 11.7. The van der Waals surface area contributed by atoms with E-state index in [1.807, 2.05) is 60.7 Å². The second-order valence-electron chi connectivity index (χ2n) is 6.81. The highest BCUT2D eigenvalue weighted by Crippen LogP contribution is 2.18. The molecule has 0 radical (unpaired) electrons. The van der Waals surface area contributed by atoms with Gasteiger partial charge in [-0.05, 0) is 29.7 Å². The third kappa shape index (κ3) is 4.70. The molecule has 2 aromatic heterocycles. The van der Waals surface area contributed by atoms with Crippen molar-refractivity contribution in [2.45, 2.75) is 12.5 Å². The molecular weight excluding hydrogens is 380 g/mol. The largest absolute Gasteiger partial charge is 0.452 e. The molecule has 2 heterocycles. The molecule has 30 heavy (non-hydrogen) atoms. The van der Waals surface area contributed by atoms with Crippen LogP contribution in [0.5, 0.6) is 0 Å². The molecule has 0 fully saturated rings. The fourth-order valence-corrected chi connectivity index (χ4v) is 3.19. The van der Waals surface area contributed by atoms with Gasteiger partial charge >= 0.3 is 5.97 Å². The molecule has 0 bridgehead atoms. The lowest BCUT2D eigenvalue weighted by atomic mass is 9.99. The molecule has 4 aromatic rings. The molecule has 1 N–H and O–H groups in total. The van der Waals surface area contributed by atoms with Gasteiger partial charge in [-0.1, -0.05) is 60.7 Å². The van der Waals surface area contributed by atoms with E-state index >= 15 is 0 Å². The van der Waals surface area contributed by atoms with Gasteiger partial charge in [0, 0.05) is 6.20 Å². The zero-order chi connectivity index (χ0) is 20.8. The van der Waals surface area contributed by atoms with Crippen LogP contribution in [-0.2, 0) is 16.0 Å². The van der Waals surface area contributed by atoms with Gasteiger partial charge in [-0.15, -0.1) is 10.2 Å². The minimum absolute atomic E-state index is 0.229. The van der Waals surface area contributed by atoms with Crippen LogP contribution in [0.4, 0.5) is 0 Å². The first-order valence-corrected chi connectivity index (χ1v) is 9.54. The highest BCUT2D eigenvalue weighted by Gasteiger charge is 2.17. The van der Waals surface area contributed by atoms with Gasteiger partial charge in [-0.3, -0.25) is 9.20 Å². The second-order valence-corrected chi connectivity index (χ2v) is 6.81. The van der Waals surface area contributed by atoms with Gasteiger partial charge in [-0.2, -0.15) is 0 Å². The lowest BCUT2D eigenvalue weighted by molar-refractivity contribution is -0.125. The standard InChI is InChI=1S/C23H20N4O3/c28-22(15-30-23(29)19-11-12-21-26-24-16-27(21)14-19)25-20(18-9-5-2-6-10-18)13-17-7-3-1-4-8-17/h1-12,14,16,20H,13,15H2,(H,25,28). The van der Waals surface area contributed by atoms with Gasteiger partial charge in [0.05, 0.1) is 11.6 Å². The van der Waals surface area contributed by atoms with Crippen molar-refractivity contribution in [1.82, 2.24) is 19.9 Å². The molecule has 7 nitrogen and oxygen atoms in total. The summed E-state index contributed by atoms with van der Waals surface area (Å²) in [4.78, 5) is 24.8. The van der Waals surface area contributed by atoms with Crippen molar-refractivity contribution < 1.29 is 14.3 Å². The molecule has 150 valence electrons. The van der Waals surface area contributed by atoms with Crippen molar-refractivity contribution in [2.24, 2.45) is 0 Å². The number of aromatic nitrogens is 3. The number of esters is 1. The number of ether oxygens (including phenoxy) is 1. The number of nitrogens with zero attached hydrogens (tertiary/aromatic N) is 3. The van der Waals surface area contributed by atoms with E-state index in [0.29, 0.717) is 17.6 Å². The Labute approximate surface area is 173 Å². The van der Waals surface area contributed by atoms with Crippen LogP contribution in [0.1, 0.15) is 27.5 Å². The Morgan fingerprint density at radius 3 is 2.47 bits per heavy atom. The molecule has 0 saturated carbocycles. The van der Waals surface area contributed by atoms with Gasteiger partial charge in [0.25, 0.3) is 5.91 Å². The first-order chi connectivity index (χ1) is 14.7. The summed E-state index contributed by atoms with van der Waals surface area (Å²) in [5, 5.41) is 10.6. The number of hydrogen-bond acceptors (Lipinski definition) is 5. The maximum Gasteiger partial charge on any atom is 0.340 e. The lowest BCUT2D eigenvalue weighted by Crippen LogP contribution is -2.33. The Bertz CT molecular complexity index is 1140. The van der Waals surface area contributed by atoms with Crippen LogP contribution in [0.2, 0.25) is 0 Å². The van der Waals surface area contributed by atoms with Crippen molar-refractivity contribution in [1.29, 1.82) is 0 Å². The Kier molecular flexibility index (Phi) is 5.80. The summed E-state index contributed by atoms with van der Waals surface area (Å²) < 4.78 is 6.81. The molecule has 0 aliphatic rings. The third-order valence-corrected chi connectivity index (χ3v) is 4.68. The minimum Gasteiger partial charge on any atom is -0.452 e. The van der Waals surface area contributed by atoms with E-state index < -0.39 is 5.97 Å². The highest BCUT2D eigenvalue weighted by atomic mass is 16.5. The Balaban J connectivity index is 1.40. The number of fused-ring (bicyclic) bond motifs is 1. The third-order valence-electron chi connectivity index (χ3n) is 4.68. The number of benzene rings is 2. The van der Waals surface area contributed by atoms with Crippen LogP contribution < -0.4 is 5.32 Å². The zero-order valence-electron chi connectivity index (χ0n) is 16.1. The predicted octanol–water partition coefficient (Wildman–Crippen LogP) is 2.99. The van der Waals surface area contributed by atoms with E-state index in [0.717, 1.165) is 11.1 Å². The van der Waals surface area contributed by atoms with Gasteiger partial charge in [0.15, 0.2) is 12.3 Å².